The van der Waals surface area contributed by atoms with E-state index in [2.05, 4.69) is 5.16 Å². The lowest BCUT2D eigenvalue weighted by Crippen LogP contribution is -2.09. The first-order valence-electron chi connectivity index (χ1n) is 8.53. The highest BCUT2D eigenvalue weighted by molar-refractivity contribution is 7.12. The summed E-state index contributed by atoms with van der Waals surface area (Å²) in [5.41, 5.74) is 0.618. The highest BCUT2D eigenvalue weighted by Crippen LogP contribution is 2.29. The van der Waals surface area contributed by atoms with Crippen LogP contribution >= 0.6 is 11.3 Å². The van der Waals surface area contributed by atoms with Gasteiger partial charge in [0.15, 0.2) is 6.61 Å². The molecule has 1 aromatic heterocycles. The standard InChI is InChI=1S/C21H16F3NO3S/c22-21(23,24)17-7-3-16(4-8-17)13-28-25-12-15-5-9-18(10-6-15)27-14-19(26)20-2-1-11-29-20/h1-12H,13-14H2. The number of thiophene rings is 1. The Balaban J connectivity index is 1.44. The number of carbonyl (C=O) groups excluding carboxylic acids is 1. The van der Waals surface area contributed by atoms with Crippen LogP contribution in [-0.2, 0) is 17.6 Å². The van der Waals surface area contributed by atoms with E-state index in [-0.39, 0.29) is 19.0 Å². The third-order valence-electron chi connectivity index (χ3n) is 3.83. The maximum atomic E-state index is 12.5. The zero-order valence-electron chi connectivity index (χ0n) is 15.1. The SMILES string of the molecule is O=C(COc1ccc(C=NOCc2ccc(C(F)(F)F)cc2)cc1)c1cccs1. The molecule has 3 aromatic rings. The van der Waals surface area contributed by atoms with Gasteiger partial charge in [0.1, 0.15) is 12.4 Å². The lowest BCUT2D eigenvalue weighted by molar-refractivity contribution is -0.137. The van der Waals surface area contributed by atoms with Crippen molar-refractivity contribution in [1.82, 2.24) is 0 Å². The largest absolute Gasteiger partial charge is 0.485 e. The van der Waals surface area contributed by atoms with E-state index in [0.29, 0.717) is 16.2 Å². The molecule has 8 heteroatoms. The third-order valence-corrected chi connectivity index (χ3v) is 4.75. The van der Waals surface area contributed by atoms with E-state index in [0.717, 1.165) is 17.7 Å². The highest BCUT2D eigenvalue weighted by Gasteiger charge is 2.29. The van der Waals surface area contributed by atoms with Crippen molar-refractivity contribution in [3.63, 3.8) is 0 Å². The van der Waals surface area contributed by atoms with Gasteiger partial charge in [-0.25, -0.2) is 0 Å². The van der Waals surface area contributed by atoms with Gasteiger partial charge in [-0.05, 0) is 59.0 Å². The summed E-state index contributed by atoms with van der Waals surface area (Å²) in [5, 5.41) is 5.64. The number of halogens is 3. The summed E-state index contributed by atoms with van der Waals surface area (Å²) in [5.74, 6) is 0.472. The Labute approximate surface area is 169 Å². The molecule has 0 fully saturated rings. The summed E-state index contributed by atoms with van der Waals surface area (Å²) >= 11 is 1.37. The van der Waals surface area contributed by atoms with Crippen molar-refractivity contribution < 1.29 is 27.5 Å². The Morgan fingerprint density at radius 1 is 1.03 bits per heavy atom. The molecule has 0 unspecified atom stereocenters. The van der Waals surface area contributed by atoms with Gasteiger partial charge in [-0.2, -0.15) is 13.2 Å². The van der Waals surface area contributed by atoms with Gasteiger partial charge in [0.05, 0.1) is 16.7 Å². The molecule has 0 aliphatic heterocycles. The Morgan fingerprint density at radius 3 is 2.38 bits per heavy atom. The summed E-state index contributed by atoms with van der Waals surface area (Å²) < 4.78 is 43.0. The second kappa shape index (κ2) is 9.38. The molecule has 3 rings (SSSR count). The Hall–Kier alpha value is -3.13. The minimum absolute atomic E-state index is 0.0375. The molecule has 2 aromatic carbocycles. The lowest BCUT2D eigenvalue weighted by Gasteiger charge is -2.07. The van der Waals surface area contributed by atoms with Gasteiger partial charge < -0.3 is 9.57 Å². The second-order valence-corrected chi connectivity index (χ2v) is 6.91. The first-order chi connectivity index (χ1) is 13.9. The van der Waals surface area contributed by atoms with Crippen molar-refractivity contribution in [3.05, 3.63) is 87.6 Å². The van der Waals surface area contributed by atoms with Gasteiger partial charge in [0.2, 0.25) is 5.78 Å². The number of hydrogen-bond donors (Lipinski definition) is 0. The molecule has 0 radical (unpaired) electrons. The second-order valence-electron chi connectivity index (χ2n) is 5.96. The molecular weight excluding hydrogens is 403 g/mol. The molecule has 0 saturated heterocycles. The average Bonchev–Trinajstić information content (AvgIpc) is 3.25. The van der Waals surface area contributed by atoms with Gasteiger partial charge in [0.25, 0.3) is 0 Å². The molecule has 0 amide bonds. The first kappa shape index (κ1) is 20.6. The van der Waals surface area contributed by atoms with E-state index in [1.807, 2.05) is 11.4 Å². The zero-order chi connectivity index (χ0) is 20.7. The van der Waals surface area contributed by atoms with E-state index < -0.39 is 11.7 Å². The minimum Gasteiger partial charge on any atom is -0.485 e. The number of Topliss-reactive ketones (excluding diaryl/α,β-unsaturated/α-hetero) is 1. The van der Waals surface area contributed by atoms with E-state index in [1.165, 1.54) is 29.7 Å². The Morgan fingerprint density at radius 2 is 1.76 bits per heavy atom. The van der Waals surface area contributed by atoms with Gasteiger partial charge >= 0.3 is 6.18 Å². The predicted octanol–water partition coefficient (Wildman–Crippen LogP) is 5.58. The maximum absolute atomic E-state index is 12.5. The quantitative estimate of drug-likeness (QED) is 0.272. The zero-order valence-corrected chi connectivity index (χ0v) is 15.9. The van der Waals surface area contributed by atoms with Crippen molar-refractivity contribution in [2.75, 3.05) is 6.61 Å². The number of oxime groups is 1. The third kappa shape index (κ3) is 6.18. The van der Waals surface area contributed by atoms with Gasteiger partial charge in [0, 0.05) is 0 Å². The van der Waals surface area contributed by atoms with Crippen LogP contribution in [0.1, 0.15) is 26.4 Å². The summed E-state index contributed by atoms with van der Waals surface area (Å²) in [6.07, 6.45) is -2.88. The number of benzene rings is 2. The molecular formula is C21H16F3NO3S. The van der Waals surface area contributed by atoms with Crippen molar-refractivity contribution >= 4 is 23.3 Å². The monoisotopic (exact) mass is 419 g/mol. The fourth-order valence-electron chi connectivity index (χ4n) is 2.31. The predicted molar refractivity (Wildman–Crippen MR) is 104 cm³/mol. The number of hydrogen-bond acceptors (Lipinski definition) is 5. The summed E-state index contributed by atoms with van der Waals surface area (Å²) in [4.78, 5) is 17.7. The van der Waals surface area contributed by atoms with Crippen molar-refractivity contribution in [2.24, 2.45) is 5.16 Å². The molecule has 29 heavy (non-hydrogen) atoms. The van der Waals surface area contributed by atoms with Crippen LogP contribution in [0.25, 0.3) is 0 Å². The summed E-state index contributed by atoms with van der Waals surface area (Å²) in [6, 6.07) is 15.2. The lowest BCUT2D eigenvalue weighted by atomic mass is 10.1. The van der Waals surface area contributed by atoms with Crippen LogP contribution in [0.3, 0.4) is 0 Å². The van der Waals surface area contributed by atoms with Crippen LogP contribution < -0.4 is 4.74 Å². The van der Waals surface area contributed by atoms with Crippen LogP contribution in [0, 0.1) is 0 Å². The molecule has 0 spiro atoms. The number of alkyl halides is 3. The van der Waals surface area contributed by atoms with E-state index in [9.17, 15) is 18.0 Å². The minimum atomic E-state index is -4.36. The van der Waals surface area contributed by atoms with Crippen LogP contribution in [0.5, 0.6) is 5.75 Å². The Bertz CT molecular complexity index is 950. The molecule has 0 atom stereocenters. The van der Waals surface area contributed by atoms with Crippen molar-refractivity contribution in [3.8, 4) is 5.75 Å². The van der Waals surface area contributed by atoms with Gasteiger partial charge in [-0.15, -0.1) is 11.3 Å². The first-order valence-corrected chi connectivity index (χ1v) is 9.41. The van der Waals surface area contributed by atoms with E-state index in [1.54, 1.807) is 30.3 Å². The smallest absolute Gasteiger partial charge is 0.416 e. The number of rotatable bonds is 8. The van der Waals surface area contributed by atoms with Crippen molar-refractivity contribution in [2.45, 2.75) is 12.8 Å². The number of ketones is 1. The fourth-order valence-corrected chi connectivity index (χ4v) is 2.96. The molecule has 0 bridgehead atoms. The molecule has 1 heterocycles. The van der Waals surface area contributed by atoms with Crippen LogP contribution in [0.4, 0.5) is 13.2 Å². The van der Waals surface area contributed by atoms with Crippen molar-refractivity contribution in [1.29, 1.82) is 0 Å². The molecule has 4 nitrogen and oxygen atoms in total. The summed E-state index contributed by atoms with van der Waals surface area (Å²) in [7, 11) is 0. The molecule has 0 aliphatic carbocycles. The van der Waals surface area contributed by atoms with E-state index >= 15 is 0 Å². The average molecular weight is 419 g/mol. The summed E-state index contributed by atoms with van der Waals surface area (Å²) in [6.45, 7) is 0.0187. The normalized spacial score (nSPS) is 11.6. The highest BCUT2D eigenvalue weighted by atomic mass is 32.1. The number of carbonyl (C=O) groups is 1. The molecule has 0 N–H and O–H groups in total. The molecule has 0 saturated carbocycles. The Kier molecular flexibility index (Phi) is 6.66. The molecule has 0 aliphatic rings. The number of nitrogens with zero attached hydrogens (tertiary/aromatic N) is 1. The molecule has 150 valence electrons. The van der Waals surface area contributed by atoms with Gasteiger partial charge in [-0.1, -0.05) is 23.4 Å². The van der Waals surface area contributed by atoms with Crippen LogP contribution in [0.2, 0.25) is 0 Å². The maximum Gasteiger partial charge on any atom is 0.416 e. The van der Waals surface area contributed by atoms with E-state index in [4.69, 9.17) is 9.57 Å². The number of ether oxygens (including phenoxy) is 1. The van der Waals surface area contributed by atoms with Crippen LogP contribution in [0.15, 0.2) is 71.2 Å². The fraction of sp³-hybridized carbons (Fsp3) is 0.143. The topological polar surface area (TPSA) is 47.9 Å². The van der Waals surface area contributed by atoms with Gasteiger partial charge in [-0.3, -0.25) is 4.79 Å². The van der Waals surface area contributed by atoms with Crippen LogP contribution in [-0.4, -0.2) is 18.6 Å².